The number of fused-ring (bicyclic) bond motifs is 1. The van der Waals surface area contributed by atoms with Gasteiger partial charge in [-0.05, 0) is 30.8 Å². The van der Waals surface area contributed by atoms with Crippen molar-refractivity contribution < 1.29 is 4.74 Å². The number of ether oxygens (including phenoxy) is 1. The van der Waals surface area contributed by atoms with Gasteiger partial charge in [0.1, 0.15) is 5.52 Å². The lowest BCUT2D eigenvalue weighted by Gasteiger charge is -1.98. The predicted octanol–water partition coefficient (Wildman–Crippen LogP) is 2.90. The van der Waals surface area contributed by atoms with Crippen molar-refractivity contribution in [1.82, 2.24) is 19.9 Å². The first-order valence-electron chi connectivity index (χ1n) is 5.93. The highest BCUT2D eigenvalue weighted by atomic mass is 32.2. The van der Waals surface area contributed by atoms with Crippen LogP contribution in [0.4, 0.5) is 0 Å². The number of hydrogen-bond acceptors (Lipinski definition) is 5. The van der Waals surface area contributed by atoms with Crippen molar-refractivity contribution in [2.75, 3.05) is 6.61 Å². The van der Waals surface area contributed by atoms with Crippen LogP contribution in [-0.2, 0) is 0 Å². The average molecular weight is 272 g/mol. The Bertz CT molecular complexity index is 683. The molecule has 0 saturated carbocycles. The zero-order valence-electron chi connectivity index (χ0n) is 10.3. The molecule has 0 aliphatic heterocycles. The van der Waals surface area contributed by atoms with Gasteiger partial charge in [-0.15, -0.1) is 0 Å². The molecule has 3 aromatic rings. The molecule has 2 aromatic heterocycles. The van der Waals surface area contributed by atoms with E-state index in [0.717, 1.165) is 10.4 Å². The smallest absolute Gasteiger partial charge is 0.296 e. The molecule has 96 valence electrons. The van der Waals surface area contributed by atoms with Gasteiger partial charge in [-0.25, -0.2) is 9.97 Å². The van der Waals surface area contributed by atoms with Gasteiger partial charge in [0.25, 0.3) is 6.01 Å². The summed E-state index contributed by atoms with van der Waals surface area (Å²) in [5.41, 5.74) is 1.40. The maximum absolute atomic E-state index is 5.31. The summed E-state index contributed by atoms with van der Waals surface area (Å²) in [4.78, 5) is 17.1. The summed E-state index contributed by atoms with van der Waals surface area (Å²) in [5.74, 6) is 0. The summed E-state index contributed by atoms with van der Waals surface area (Å²) in [7, 11) is 0. The summed E-state index contributed by atoms with van der Waals surface area (Å²) in [6, 6.07) is 10.5. The maximum atomic E-state index is 5.31. The van der Waals surface area contributed by atoms with Crippen molar-refractivity contribution in [3.8, 4) is 6.01 Å². The Balaban J connectivity index is 1.88. The summed E-state index contributed by atoms with van der Waals surface area (Å²) in [6.07, 6.45) is 1.73. The number of benzene rings is 1. The van der Waals surface area contributed by atoms with Gasteiger partial charge in [-0.2, -0.15) is 4.98 Å². The van der Waals surface area contributed by atoms with Crippen LogP contribution < -0.4 is 4.74 Å². The number of aromatic nitrogens is 4. The molecule has 0 unspecified atom stereocenters. The number of aromatic amines is 1. The third-order valence-electron chi connectivity index (χ3n) is 2.43. The molecule has 3 rings (SSSR count). The molecule has 5 nitrogen and oxygen atoms in total. The molecule has 1 aromatic carbocycles. The second-order valence-electron chi connectivity index (χ2n) is 3.78. The van der Waals surface area contributed by atoms with E-state index in [1.165, 1.54) is 11.8 Å². The third-order valence-corrected chi connectivity index (χ3v) is 3.32. The molecule has 0 aliphatic rings. The SMILES string of the molecule is CCOc1nc2nc(Sc3ccccc3)ncc2[nH]1. The van der Waals surface area contributed by atoms with Gasteiger partial charge in [0, 0.05) is 4.90 Å². The van der Waals surface area contributed by atoms with E-state index in [0.29, 0.717) is 23.4 Å². The van der Waals surface area contributed by atoms with Gasteiger partial charge in [0.15, 0.2) is 10.8 Å². The zero-order chi connectivity index (χ0) is 13.1. The van der Waals surface area contributed by atoms with Gasteiger partial charge < -0.3 is 9.72 Å². The average Bonchev–Trinajstić information content (AvgIpc) is 2.82. The molecule has 2 heterocycles. The molecule has 1 N–H and O–H groups in total. The lowest BCUT2D eigenvalue weighted by molar-refractivity contribution is 0.317. The third kappa shape index (κ3) is 2.68. The largest absolute Gasteiger partial charge is 0.465 e. The Kier molecular flexibility index (Phi) is 3.33. The van der Waals surface area contributed by atoms with E-state index in [1.54, 1.807) is 6.20 Å². The summed E-state index contributed by atoms with van der Waals surface area (Å²) in [6.45, 7) is 2.48. The van der Waals surface area contributed by atoms with Crippen molar-refractivity contribution in [3.63, 3.8) is 0 Å². The second-order valence-corrected chi connectivity index (χ2v) is 4.82. The Morgan fingerprint density at radius 2 is 2.05 bits per heavy atom. The lowest BCUT2D eigenvalue weighted by Crippen LogP contribution is -1.92. The van der Waals surface area contributed by atoms with Crippen LogP contribution in [0.25, 0.3) is 11.2 Å². The second kappa shape index (κ2) is 5.27. The van der Waals surface area contributed by atoms with Gasteiger partial charge >= 0.3 is 0 Å². The Hall–Kier alpha value is -2.08. The molecular weight excluding hydrogens is 260 g/mol. The zero-order valence-corrected chi connectivity index (χ0v) is 11.1. The van der Waals surface area contributed by atoms with Crippen LogP contribution in [0.15, 0.2) is 46.6 Å². The summed E-state index contributed by atoms with van der Waals surface area (Å²) >= 11 is 1.51. The maximum Gasteiger partial charge on any atom is 0.296 e. The Labute approximate surface area is 114 Å². The molecule has 0 bridgehead atoms. The highest BCUT2D eigenvalue weighted by Gasteiger charge is 2.07. The number of hydrogen-bond donors (Lipinski definition) is 1. The topological polar surface area (TPSA) is 63.7 Å². The van der Waals surface area contributed by atoms with Gasteiger partial charge in [0.05, 0.1) is 12.8 Å². The standard InChI is InChI=1S/C13H12N4OS/c1-2-18-12-15-10-8-14-13(17-11(10)16-12)19-9-6-4-3-5-7-9/h3-8H,2H2,1H3,(H,14,15,16,17). The van der Waals surface area contributed by atoms with Gasteiger partial charge in [-0.3, -0.25) is 0 Å². The van der Waals surface area contributed by atoms with Crippen LogP contribution in [0.3, 0.4) is 0 Å². The molecule has 0 aliphatic carbocycles. The minimum atomic E-state index is 0.480. The van der Waals surface area contributed by atoms with E-state index in [9.17, 15) is 0 Å². The fourth-order valence-corrected chi connectivity index (χ4v) is 2.36. The van der Waals surface area contributed by atoms with Crippen LogP contribution in [0, 0.1) is 0 Å². The molecule has 0 saturated heterocycles. The fourth-order valence-electron chi connectivity index (χ4n) is 1.62. The molecule has 0 atom stereocenters. The minimum Gasteiger partial charge on any atom is -0.465 e. The molecule has 19 heavy (non-hydrogen) atoms. The number of nitrogens with one attached hydrogen (secondary N) is 1. The van der Waals surface area contributed by atoms with Crippen molar-refractivity contribution >= 4 is 22.9 Å². The number of H-pyrrole nitrogens is 1. The first-order valence-corrected chi connectivity index (χ1v) is 6.75. The number of imidazole rings is 1. The van der Waals surface area contributed by atoms with Crippen LogP contribution >= 0.6 is 11.8 Å². The van der Waals surface area contributed by atoms with Crippen LogP contribution in [0.2, 0.25) is 0 Å². The Morgan fingerprint density at radius 3 is 2.84 bits per heavy atom. The van der Waals surface area contributed by atoms with Crippen LogP contribution in [0.1, 0.15) is 6.92 Å². The molecular formula is C13H12N4OS. The Morgan fingerprint density at radius 1 is 1.21 bits per heavy atom. The van der Waals surface area contributed by atoms with Gasteiger partial charge in [0.2, 0.25) is 0 Å². The van der Waals surface area contributed by atoms with Gasteiger partial charge in [-0.1, -0.05) is 18.2 Å². The van der Waals surface area contributed by atoms with Crippen molar-refractivity contribution in [2.45, 2.75) is 17.0 Å². The van der Waals surface area contributed by atoms with E-state index >= 15 is 0 Å². The van der Waals surface area contributed by atoms with Crippen molar-refractivity contribution in [2.24, 2.45) is 0 Å². The minimum absolute atomic E-state index is 0.480. The van der Waals surface area contributed by atoms with E-state index < -0.39 is 0 Å². The van der Waals surface area contributed by atoms with Crippen LogP contribution in [0.5, 0.6) is 6.01 Å². The monoisotopic (exact) mass is 272 g/mol. The van der Waals surface area contributed by atoms with E-state index in [2.05, 4.69) is 19.9 Å². The summed E-state index contributed by atoms with van der Waals surface area (Å²) < 4.78 is 5.31. The highest BCUT2D eigenvalue weighted by Crippen LogP contribution is 2.25. The van der Waals surface area contributed by atoms with E-state index in [1.807, 2.05) is 37.3 Å². The highest BCUT2D eigenvalue weighted by molar-refractivity contribution is 7.99. The van der Waals surface area contributed by atoms with Crippen LogP contribution in [-0.4, -0.2) is 26.5 Å². The molecule has 0 amide bonds. The first-order chi connectivity index (χ1) is 9.35. The molecule has 0 fully saturated rings. The molecule has 0 spiro atoms. The predicted molar refractivity (Wildman–Crippen MR) is 73.4 cm³/mol. The summed E-state index contributed by atoms with van der Waals surface area (Å²) in [5, 5.41) is 0.674. The quantitative estimate of drug-likeness (QED) is 0.740. The molecule has 6 heteroatoms. The first kappa shape index (κ1) is 12.0. The van der Waals surface area contributed by atoms with Crippen molar-refractivity contribution in [1.29, 1.82) is 0 Å². The number of nitrogens with zero attached hydrogens (tertiary/aromatic N) is 3. The lowest BCUT2D eigenvalue weighted by atomic mass is 10.4. The van der Waals surface area contributed by atoms with E-state index in [4.69, 9.17) is 4.74 Å². The fraction of sp³-hybridized carbons (Fsp3) is 0.154. The molecule has 0 radical (unpaired) electrons. The van der Waals surface area contributed by atoms with Crippen molar-refractivity contribution in [3.05, 3.63) is 36.5 Å². The number of rotatable bonds is 4. The normalized spacial score (nSPS) is 10.8. The van der Waals surface area contributed by atoms with E-state index in [-0.39, 0.29) is 0 Å².